The zero-order valence-corrected chi connectivity index (χ0v) is 27.1. The number of carbonyl (C=O) groups is 1. The van der Waals surface area contributed by atoms with Crippen LogP contribution in [0.1, 0.15) is 44.4 Å². The van der Waals surface area contributed by atoms with Crippen molar-refractivity contribution in [2.24, 2.45) is 0 Å². The maximum atomic E-state index is 14.0. The van der Waals surface area contributed by atoms with Crippen LogP contribution in [0.3, 0.4) is 0 Å². The van der Waals surface area contributed by atoms with E-state index in [1.165, 1.54) is 0 Å². The number of ether oxygens (including phenoxy) is 3. The first-order chi connectivity index (χ1) is 21.3. The van der Waals surface area contributed by atoms with Crippen molar-refractivity contribution >= 4 is 52.5 Å². The molecule has 0 saturated carbocycles. The second-order valence-corrected chi connectivity index (χ2v) is 11.8. The summed E-state index contributed by atoms with van der Waals surface area (Å²) in [4.78, 5) is 18.7. The van der Waals surface area contributed by atoms with E-state index in [1.54, 1.807) is 47.8 Å². The number of fused-ring (bicyclic) bond motifs is 1. The van der Waals surface area contributed by atoms with Gasteiger partial charge in [0, 0.05) is 27.1 Å². The number of anilines is 2. The van der Waals surface area contributed by atoms with E-state index in [9.17, 15) is 4.79 Å². The van der Waals surface area contributed by atoms with E-state index in [2.05, 4.69) is 17.6 Å². The van der Waals surface area contributed by atoms with Crippen molar-refractivity contribution in [1.29, 1.82) is 0 Å². The first-order valence-electron chi connectivity index (χ1n) is 14.2. The van der Waals surface area contributed by atoms with E-state index in [4.69, 9.17) is 47.5 Å². The van der Waals surface area contributed by atoms with Gasteiger partial charge in [0.25, 0.3) is 5.91 Å². The van der Waals surface area contributed by atoms with Crippen LogP contribution in [0.25, 0.3) is 0 Å². The fraction of sp³-hybridized carbons (Fsp3) is 0.281. The number of methoxy groups -OCH3 is 1. The number of benzene rings is 3. The molecule has 1 unspecified atom stereocenters. The van der Waals surface area contributed by atoms with Crippen molar-refractivity contribution in [3.8, 4) is 17.2 Å². The molecule has 0 bridgehead atoms. The summed E-state index contributed by atoms with van der Waals surface area (Å²) >= 11 is 14.0. The standard InChI is InChI=1S/C32H33Cl2N5O4S/c1-5-15-44-32-37-31-35-19(3)28(30(40)36-24-9-7-8-10-25(24)41-4)29(39(31)38-32)20-12-14-26(27(16-20)42-6-2)43-18-21-11-13-22(33)17-23(21)34/h7-14,16-17,29H,5-6,15,18H2,1-4H3,(H,36,40)(H,35,37,38). The molecule has 1 atom stereocenters. The highest BCUT2D eigenvalue weighted by molar-refractivity contribution is 7.99. The van der Waals surface area contributed by atoms with Crippen LogP contribution in [0.4, 0.5) is 11.6 Å². The fourth-order valence-corrected chi connectivity index (χ4v) is 5.95. The number of rotatable bonds is 12. The van der Waals surface area contributed by atoms with Crippen LogP contribution >= 0.6 is 35.0 Å². The molecule has 4 aromatic rings. The van der Waals surface area contributed by atoms with Gasteiger partial charge in [-0.15, -0.1) is 5.10 Å². The lowest BCUT2D eigenvalue weighted by molar-refractivity contribution is -0.113. The Hall–Kier alpha value is -3.86. The van der Waals surface area contributed by atoms with Gasteiger partial charge in [-0.05, 0) is 62.2 Å². The van der Waals surface area contributed by atoms with Gasteiger partial charge in [0.2, 0.25) is 11.1 Å². The van der Waals surface area contributed by atoms with Crippen molar-refractivity contribution in [3.05, 3.63) is 93.1 Å². The van der Waals surface area contributed by atoms with Crippen LogP contribution in [-0.2, 0) is 11.4 Å². The first kappa shape index (κ1) is 31.6. The Morgan fingerprint density at radius 2 is 1.86 bits per heavy atom. The molecule has 0 saturated heterocycles. The van der Waals surface area contributed by atoms with Crippen LogP contribution in [0.15, 0.2) is 77.1 Å². The summed E-state index contributed by atoms with van der Waals surface area (Å²) in [5.74, 6) is 2.74. The monoisotopic (exact) mass is 653 g/mol. The molecule has 230 valence electrons. The lowest BCUT2D eigenvalue weighted by Gasteiger charge is -2.29. The largest absolute Gasteiger partial charge is 0.495 e. The molecule has 3 aromatic carbocycles. The van der Waals surface area contributed by atoms with E-state index in [1.807, 2.05) is 50.2 Å². The number of hydrogen-bond acceptors (Lipinski definition) is 8. The van der Waals surface area contributed by atoms with E-state index in [-0.39, 0.29) is 12.5 Å². The third-order valence-electron chi connectivity index (χ3n) is 6.85. The van der Waals surface area contributed by atoms with Crippen molar-refractivity contribution in [2.75, 3.05) is 30.1 Å². The molecule has 9 nitrogen and oxygen atoms in total. The number of thioether (sulfide) groups is 1. The molecule has 0 radical (unpaired) electrons. The highest BCUT2D eigenvalue weighted by Gasteiger charge is 2.35. The normalized spacial score (nSPS) is 14.1. The molecule has 5 rings (SSSR count). The van der Waals surface area contributed by atoms with Gasteiger partial charge >= 0.3 is 0 Å². The van der Waals surface area contributed by atoms with E-state index in [0.29, 0.717) is 62.0 Å². The molecule has 44 heavy (non-hydrogen) atoms. The molecule has 1 aliphatic rings. The van der Waals surface area contributed by atoms with Gasteiger partial charge in [-0.3, -0.25) is 4.79 Å². The van der Waals surface area contributed by atoms with Crippen LogP contribution in [0.5, 0.6) is 17.2 Å². The van der Waals surface area contributed by atoms with Gasteiger partial charge < -0.3 is 24.8 Å². The number of nitrogens with zero attached hydrogens (tertiary/aromatic N) is 3. The molecular formula is C32H33Cl2N5O4S. The van der Waals surface area contributed by atoms with Crippen LogP contribution in [0.2, 0.25) is 10.0 Å². The predicted octanol–water partition coefficient (Wildman–Crippen LogP) is 8.00. The number of carbonyl (C=O) groups excluding carboxylic acids is 1. The summed E-state index contributed by atoms with van der Waals surface area (Å²) in [6.45, 7) is 6.50. The second kappa shape index (κ2) is 14.3. The number of halogens is 2. The summed E-state index contributed by atoms with van der Waals surface area (Å²) < 4.78 is 19.4. The first-order valence-corrected chi connectivity index (χ1v) is 15.9. The molecule has 1 aromatic heterocycles. The molecule has 0 fully saturated rings. The smallest absolute Gasteiger partial charge is 0.255 e. The second-order valence-electron chi connectivity index (χ2n) is 9.90. The molecule has 1 amide bonds. The van der Waals surface area contributed by atoms with E-state index >= 15 is 0 Å². The quantitative estimate of drug-likeness (QED) is 0.148. The van der Waals surface area contributed by atoms with E-state index < -0.39 is 6.04 Å². The molecule has 0 spiro atoms. The average Bonchev–Trinajstić information content (AvgIpc) is 3.42. The van der Waals surface area contributed by atoms with Gasteiger partial charge in [0.1, 0.15) is 18.4 Å². The number of allylic oxidation sites excluding steroid dienone is 1. The Bertz CT molecular complexity index is 1690. The van der Waals surface area contributed by atoms with Crippen LogP contribution in [0, 0.1) is 0 Å². The Balaban J connectivity index is 1.53. The summed E-state index contributed by atoms with van der Waals surface area (Å²) in [6, 6.07) is 17.6. The van der Waals surface area contributed by atoms with Crippen molar-refractivity contribution in [1.82, 2.24) is 14.8 Å². The maximum absolute atomic E-state index is 14.0. The summed E-state index contributed by atoms with van der Waals surface area (Å²) in [5.41, 5.74) is 3.25. The highest BCUT2D eigenvalue weighted by atomic mass is 35.5. The van der Waals surface area contributed by atoms with Crippen molar-refractivity contribution in [3.63, 3.8) is 0 Å². The molecular weight excluding hydrogens is 621 g/mol. The van der Waals surface area contributed by atoms with Gasteiger partial charge in [0.05, 0.1) is 25.0 Å². The minimum atomic E-state index is -0.608. The number of hydrogen-bond donors (Lipinski definition) is 2. The Labute approximate surface area is 270 Å². The molecule has 2 heterocycles. The fourth-order valence-electron chi connectivity index (χ4n) is 4.80. The zero-order valence-electron chi connectivity index (χ0n) is 24.8. The zero-order chi connectivity index (χ0) is 31.2. The van der Waals surface area contributed by atoms with Gasteiger partial charge in [0.15, 0.2) is 11.5 Å². The van der Waals surface area contributed by atoms with Gasteiger partial charge in [-0.25, -0.2) is 4.68 Å². The third kappa shape index (κ3) is 6.93. The summed E-state index contributed by atoms with van der Waals surface area (Å²) in [5, 5.41) is 12.8. The average molecular weight is 655 g/mol. The number of nitrogens with one attached hydrogen (secondary N) is 2. The van der Waals surface area contributed by atoms with E-state index in [0.717, 1.165) is 23.3 Å². The molecule has 2 N–H and O–H groups in total. The minimum Gasteiger partial charge on any atom is -0.495 e. The summed E-state index contributed by atoms with van der Waals surface area (Å²) in [6.07, 6.45) is 0.982. The lowest BCUT2D eigenvalue weighted by atomic mass is 9.94. The number of amides is 1. The maximum Gasteiger partial charge on any atom is 0.255 e. The molecule has 1 aliphatic heterocycles. The summed E-state index contributed by atoms with van der Waals surface area (Å²) in [7, 11) is 1.57. The van der Waals surface area contributed by atoms with Gasteiger partial charge in [-0.1, -0.05) is 66.2 Å². The van der Waals surface area contributed by atoms with Crippen LogP contribution in [-0.4, -0.2) is 40.1 Å². The lowest BCUT2D eigenvalue weighted by Crippen LogP contribution is -2.31. The SMILES string of the molecule is CCCSc1nc2n(n1)C(c1ccc(OCc3ccc(Cl)cc3Cl)c(OCC)c1)C(C(=O)Nc1ccccc1OC)=C(C)N2. The predicted molar refractivity (Wildman–Crippen MR) is 176 cm³/mol. The van der Waals surface area contributed by atoms with Crippen LogP contribution < -0.4 is 24.8 Å². The Morgan fingerprint density at radius 1 is 1.05 bits per heavy atom. The number of aromatic nitrogens is 3. The topological polar surface area (TPSA) is 99.5 Å². The Kier molecular flexibility index (Phi) is 10.2. The van der Waals surface area contributed by atoms with Gasteiger partial charge in [-0.2, -0.15) is 4.98 Å². The molecule has 0 aliphatic carbocycles. The van der Waals surface area contributed by atoms with Crippen molar-refractivity contribution in [2.45, 2.75) is 45.0 Å². The highest BCUT2D eigenvalue weighted by Crippen LogP contribution is 2.40. The molecule has 12 heteroatoms. The Morgan fingerprint density at radius 3 is 2.61 bits per heavy atom. The van der Waals surface area contributed by atoms with Crippen molar-refractivity contribution < 1.29 is 19.0 Å². The third-order valence-corrected chi connectivity index (χ3v) is 8.48. The minimum absolute atomic E-state index is 0.222. The number of para-hydroxylation sites is 2.